The summed E-state index contributed by atoms with van der Waals surface area (Å²) >= 11 is 5.88. The van der Waals surface area contributed by atoms with Crippen LogP contribution in [0.2, 0.25) is 5.15 Å². The van der Waals surface area contributed by atoms with Gasteiger partial charge in [-0.15, -0.1) is 0 Å². The molecule has 0 atom stereocenters. The topological polar surface area (TPSA) is 35.0 Å². The van der Waals surface area contributed by atoms with Gasteiger partial charge in [0.1, 0.15) is 17.5 Å². The van der Waals surface area contributed by atoms with Gasteiger partial charge < -0.3 is 4.74 Å². The number of hydrogen-bond acceptors (Lipinski definition) is 3. The van der Waals surface area contributed by atoms with E-state index in [4.69, 9.17) is 16.3 Å². The molecule has 0 saturated heterocycles. The summed E-state index contributed by atoms with van der Waals surface area (Å²) in [7, 11) is 0. The van der Waals surface area contributed by atoms with Crippen LogP contribution in [0.5, 0.6) is 5.75 Å². The summed E-state index contributed by atoms with van der Waals surface area (Å²) in [6, 6.07) is 9.85. The van der Waals surface area contributed by atoms with E-state index in [0.29, 0.717) is 17.6 Å². The number of halogens is 1. The van der Waals surface area contributed by atoms with E-state index in [1.807, 2.05) is 19.1 Å². The molecule has 0 spiro atoms. The summed E-state index contributed by atoms with van der Waals surface area (Å²) in [6.45, 7) is 4.38. The molecule has 1 heterocycles. The highest BCUT2D eigenvalue weighted by atomic mass is 35.5. The highest BCUT2D eigenvalue weighted by Gasteiger charge is 2.02. The van der Waals surface area contributed by atoms with Crippen molar-refractivity contribution in [1.29, 1.82) is 0 Å². The highest BCUT2D eigenvalue weighted by molar-refractivity contribution is 6.29. The molecule has 0 saturated carbocycles. The number of rotatable bonds is 5. The Balaban J connectivity index is 1.98. The van der Waals surface area contributed by atoms with E-state index in [-0.39, 0.29) is 0 Å². The van der Waals surface area contributed by atoms with Gasteiger partial charge in [-0.25, -0.2) is 9.97 Å². The molecule has 1 aromatic carbocycles. The molecule has 0 N–H and O–H groups in total. The van der Waals surface area contributed by atoms with Crippen LogP contribution in [-0.2, 0) is 13.0 Å². The predicted octanol–water partition coefficient (Wildman–Crippen LogP) is 3.97. The van der Waals surface area contributed by atoms with Crippen molar-refractivity contribution in [2.75, 3.05) is 0 Å². The van der Waals surface area contributed by atoms with Crippen LogP contribution in [0.25, 0.3) is 0 Å². The molecule has 19 heavy (non-hydrogen) atoms. The highest BCUT2D eigenvalue weighted by Crippen LogP contribution is 2.15. The van der Waals surface area contributed by atoms with Gasteiger partial charge in [0.25, 0.3) is 0 Å². The van der Waals surface area contributed by atoms with E-state index >= 15 is 0 Å². The molecule has 100 valence electrons. The summed E-state index contributed by atoms with van der Waals surface area (Å²) in [6.07, 6.45) is 2.24. The summed E-state index contributed by atoms with van der Waals surface area (Å²) in [5.41, 5.74) is 2.17. The zero-order chi connectivity index (χ0) is 13.7. The molecule has 3 nitrogen and oxygen atoms in total. The van der Waals surface area contributed by atoms with Crippen molar-refractivity contribution in [3.8, 4) is 5.75 Å². The number of nitrogens with zero attached hydrogens (tertiary/aromatic N) is 2. The minimum Gasteiger partial charge on any atom is -0.486 e. The number of aromatic nitrogens is 2. The molecule has 0 amide bonds. The van der Waals surface area contributed by atoms with Crippen molar-refractivity contribution >= 4 is 11.6 Å². The lowest BCUT2D eigenvalue weighted by Gasteiger charge is -2.07. The summed E-state index contributed by atoms with van der Waals surface area (Å²) in [5.74, 6) is 1.42. The van der Waals surface area contributed by atoms with E-state index < -0.39 is 0 Å². The zero-order valence-corrected chi connectivity index (χ0v) is 11.9. The molecule has 2 rings (SSSR count). The van der Waals surface area contributed by atoms with Crippen LogP contribution in [0.4, 0.5) is 0 Å². The van der Waals surface area contributed by atoms with Crippen LogP contribution in [-0.4, -0.2) is 9.97 Å². The lowest BCUT2D eigenvalue weighted by atomic mass is 10.1. The molecule has 0 fully saturated rings. The minimum absolute atomic E-state index is 0.328. The van der Waals surface area contributed by atoms with E-state index in [9.17, 15) is 0 Å². The molecular weight excluding hydrogens is 260 g/mol. The molecule has 4 heteroatoms. The van der Waals surface area contributed by atoms with Crippen LogP contribution < -0.4 is 4.74 Å². The van der Waals surface area contributed by atoms with Crippen LogP contribution in [0, 0.1) is 6.92 Å². The zero-order valence-electron chi connectivity index (χ0n) is 11.2. The van der Waals surface area contributed by atoms with E-state index in [1.165, 1.54) is 5.56 Å². The average molecular weight is 277 g/mol. The van der Waals surface area contributed by atoms with Crippen LogP contribution >= 0.6 is 11.6 Å². The van der Waals surface area contributed by atoms with Crippen LogP contribution in [0.15, 0.2) is 30.3 Å². The third-order valence-electron chi connectivity index (χ3n) is 2.70. The van der Waals surface area contributed by atoms with E-state index in [1.54, 1.807) is 6.07 Å². The molecule has 0 aliphatic carbocycles. The van der Waals surface area contributed by atoms with Gasteiger partial charge in [0.15, 0.2) is 5.82 Å². The van der Waals surface area contributed by atoms with Crippen molar-refractivity contribution in [3.05, 3.63) is 52.6 Å². The third kappa shape index (κ3) is 4.21. The first-order valence-electron chi connectivity index (χ1n) is 6.39. The van der Waals surface area contributed by atoms with Crippen molar-refractivity contribution in [2.45, 2.75) is 33.3 Å². The number of ether oxygens (including phenoxy) is 1. The Kier molecular flexibility index (Phi) is 4.74. The third-order valence-corrected chi connectivity index (χ3v) is 2.89. The Hall–Kier alpha value is -1.61. The first-order chi connectivity index (χ1) is 9.17. The van der Waals surface area contributed by atoms with Gasteiger partial charge in [-0.3, -0.25) is 0 Å². The Bertz CT molecular complexity index is 520. The Morgan fingerprint density at radius 3 is 2.53 bits per heavy atom. The summed E-state index contributed by atoms with van der Waals surface area (Å²) in [4.78, 5) is 8.40. The fourth-order valence-corrected chi connectivity index (χ4v) is 2.10. The predicted molar refractivity (Wildman–Crippen MR) is 76.5 cm³/mol. The Labute approximate surface area is 118 Å². The maximum absolute atomic E-state index is 5.88. The smallest absolute Gasteiger partial charge is 0.167 e. The number of aryl methyl sites for hydroxylation is 2. The number of hydrogen-bond donors (Lipinski definition) is 0. The van der Waals surface area contributed by atoms with Crippen molar-refractivity contribution in [3.63, 3.8) is 0 Å². The fourth-order valence-electron chi connectivity index (χ4n) is 1.84. The molecule has 0 radical (unpaired) electrons. The van der Waals surface area contributed by atoms with E-state index in [2.05, 4.69) is 29.0 Å². The molecule has 0 unspecified atom stereocenters. The fraction of sp³-hybridized carbons (Fsp3) is 0.333. The average Bonchev–Trinajstić information content (AvgIpc) is 2.37. The van der Waals surface area contributed by atoms with Gasteiger partial charge in [-0.1, -0.05) is 37.1 Å². The maximum atomic E-state index is 5.88. The number of benzene rings is 1. The Morgan fingerprint density at radius 1 is 1.16 bits per heavy atom. The van der Waals surface area contributed by atoms with Crippen molar-refractivity contribution < 1.29 is 4.74 Å². The summed E-state index contributed by atoms with van der Waals surface area (Å²) in [5, 5.41) is 0.449. The van der Waals surface area contributed by atoms with Crippen LogP contribution in [0.3, 0.4) is 0 Å². The van der Waals surface area contributed by atoms with Gasteiger partial charge >= 0.3 is 0 Å². The molecule has 0 aliphatic heterocycles. The van der Waals surface area contributed by atoms with Gasteiger partial charge in [-0.05, 0) is 37.1 Å². The van der Waals surface area contributed by atoms with E-state index in [0.717, 1.165) is 24.3 Å². The quantitative estimate of drug-likeness (QED) is 0.775. The Morgan fingerprint density at radius 2 is 1.89 bits per heavy atom. The molecule has 1 aromatic heterocycles. The van der Waals surface area contributed by atoms with Gasteiger partial charge in [0, 0.05) is 5.69 Å². The molecule has 0 aliphatic rings. The summed E-state index contributed by atoms with van der Waals surface area (Å²) < 4.78 is 5.65. The normalized spacial score (nSPS) is 10.5. The largest absolute Gasteiger partial charge is 0.486 e. The van der Waals surface area contributed by atoms with Gasteiger partial charge in [-0.2, -0.15) is 0 Å². The lowest BCUT2D eigenvalue weighted by Crippen LogP contribution is -2.02. The second kappa shape index (κ2) is 6.53. The second-order valence-corrected chi connectivity index (χ2v) is 4.82. The van der Waals surface area contributed by atoms with Crippen LogP contribution in [0.1, 0.15) is 30.4 Å². The van der Waals surface area contributed by atoms with Gasteiger partial charge in [0.05, 0.1) is 0 Å². The molecule has 0 bridgehead atoms. The molecule has 2 aromatic rings. The standard InChI is InChI=1S/C15H17ClN2O/c1-3-4-12-5-7-13(8-6-12)19-10-15-17-11(2)9-14(16)18-15/h5-9H,3-4,10H2,1-2H3. The first-order valence-corrected chi connectivity index (χ1v) is 6.77. The maximum Gasteiger partial charge on any atom is 0.167 e. The SMILES string of the molecule is CCCc1ccc(OCc2nc(C)cc(Cl)n2)cc1. The monoisotopic (exact) mass is 276 g/mol. The molecular formula is C15H17ClN2O. The minimum atomic E-state index is 0.328. The second-order valence-electron chi connectivity index (χ2n) is 4.43. The van der Waals surface area contributed by atoms with Crippen molar-refractivity contribution in [1.82, 2.24) is 9.97 Å². The first kappa shape index (κ1) is 13.8. The van der Waals surface area contributed by atoms with Gasteiger partial charge in [0.2, 0.25) is 0 Å². The lowest BCUT2D eigenvalue weighted by molar-refractivity contribution is 0.295. The van der Waals surface area contributed by atoms with Crippen molar-refractivity contribution in [2.24, 2.45) is 0 Å².